The first-order valence-corrected chi connectivity index (χ1v) is 12.4. The summed E-state index contributed by atoms with van der Waals surface area (Å²) in [5.74, 6) is 2.57. The summed E-state index contributed by atoms with van der Waals surface area (Å²) < 4.78 is 4.36. The van der Waals surface area contributed by atoms with Gasteiger partial charge in [0.2, 0.25) is 0 Å². The summed E-state index contributed by atoms with van der Waals surface area (Å²) in [6, 6.07) is 7.84. The number of fused-ring (bicyclic) bond motifs is 1. The van der Waals surface area contributed by atoms with Gasteiger partial charge in [-0.2, -0.15) is 0 Å². The SMILES string of the molecule is CSc1nccn1-c1ccc(C(=O)N2CCCC(c3nnc4n3CCCCC4)C2)cc1. The molecule has 0 N–H and O–H groups in total. The second-order valence-corrected chi connectivity index (χ2v) is 9.13. The number of aryl methyl sites for hydroxylation is 1. The van der Waals surface area contributed by atoms with E-state index in [1.54, 1.807) is 18.0 Å². The molecule has 162 valence electrons. The fraction of sp³-hybridized carbons (Fsp3) is 0.478. The molecule has 31 heavy (non-hydrogen) atoms. The minimum Gasteiger partial charge on any atom is -0.338 e. The summed E-state index contributed by atoms with van der Waals surface area (Å²) in [5, 5.41) is 9.95. The normalized spacial score (nSPS) is 19.1. The first-order chi connectivity index (χ1) is 15.2. The van der Waals surface area contributed by atoms with Gasteiger partial charge < -0.3 is 9.47 Å². The van der Waals surface area contributed by atoms with Crippen LogP contribution in [0.2, 0.25) is 0 Å². The van der Waals surface area contributed by atoms with Gasteiger partial charge in [0.05, 0.1) is 0 Å². The summed E-state index contributed by atoms with van der Waals surface area (Å²) >= 11 is 1.60. The van der Waals surface area contributed by atoms with Crippen molar-refractivity contribution in [2.45, 2.75) is 56.1 Å². The van der Waals surface area contributed by atoms with Gasteiger partial charge in [0.1, 0.15) is 11.6 Å². The zero-order chi connectivity index (χ0) is 21.2. The van der Waals surface area contributed by atoms with E-state index in [9.17, 15) is 4.79 Å². The second-order valence-electron chi connectivity index (χ2n) is 8.36. The number of thioether (sulfide) groups is 1. The van der Waals surface area contributed by atoms with Crippen LogP contribution in [0.3, 0.4) is 0 Å². The minimum absolute atomic E-state index is 0.0996. The van der Waals surface area contributed by atoms with Crippen LogP contribution in [0.25, 0.3) is 5.69 Å². The van der Waals surface area contributed by atoms with Crippen molar-refractivity contribution in [3.63, 3.8) is 0 Å². The lowest BCUT2D eigenvalue weighted by atomic mass is 9.96. The van der Waals surface area contributed by atoms with Crippen molar-refractivity contribution in [3.05, 3.63) is 53.9 Å². The Labute approximate surface area is 186 Å². The highest BCUT2D eigenvalue weighted by Crippen LogP contribution is 2.29. The Morgan fingerprint density at radius 2 is 1.94 bits per heavy atom. The Balaban J connectivity index is 1.31. The molecule has 0 radical (unpaired) electrons. The Bertz CT molecular complexity index is 1060. The van der Waals surface area contributed by atoms with Crippen LogP contribution < -0.4 is 0 Å². The van der Waals surface area contributed by atoms with Crippen molar-refractivity contribution in [1.82, 2.24) is 29.2 Å². The zero-order valence-corrected chi connectivity index (χ0v) is 18.7. The largest absolute Gasteiger partial charge is 0.338 e. The summed E-state index contributed by atoms with van der Waals surface area (Å²) in [6.07, 6.45) is 12.5. The first-order valence-electron chi connectivity index (χ1n) is 11.1. The smallest absolute Gasteiger partial charge is 0.253 e. The van der Waals surface area contributed by atoms with Crippen LogP contribution in [0.1, 0.15) is 60.0 Å². The topological polar surface area (TPSA) is 68.8 Å². The molecular formula is C23H28N6OS. The van der Waals surface area contributed by atoms with Crippen LogP contribution in [0.5, 0.6) is 0 Å². The number of piperidine rings is 1. The van der Waals surface area contributed by atoms with E-state index in [4.69, 9.17) is 0 Å². The fourth-order valence-corrected chi connectivity index (χ4v) is 5.30. The van der Waals surface area contributed by atoms with E-state index in [0.29, 0.717) is 0 Å². The number of benzene rings is 1. The van der Waals surface area contributed by atoms with Crippen molar-refractivity contribution >= 4 is 17.7 Å². The van der Waals surface area contributed by atoms with Gasteiger partial charge in [-0.1, -0.05) is 18.2 Å². The molecule has 2 aliphatic rings. The number of carbonyl (C=O) groups is 1. The third-order valence-corrected chi connectivity index (χ3v) is 7.06. The van der Waals surface area contributed by atoms with E-state index in [2.05, 4.69) is 19.7 Å². The Kier molecular flexibility index (Phi) is 5.80. The minimum atomic E-state index is 0.0996. The molecule has 0 saturated carbocycles. The number of hydrogen-bond donors (Lipinski definition) is 0. The molecule has 2 aliphatic heterocycles. The molecule has 1 amide bonds. The van der Waals surface area contributed by atoms with Crippen LogP contribution in [0.15, 0.2) is 41.8 Å². The van der Waals surface area contributed by atoms with Crippen LogP contribution in [0.4, 0.5) is 0 Å². The van der Waals surface area contributed by atoms with Crippen LogP contribution in [0, 0.1) is 0 Å². The van der Waals surface area contributed by atoms with E-state index in [-0.39, 0.29) is 11.8 Å². The predicted molar refractivity (Wildman–Crippen MR) is 121 cm³/mol. The highest BCUT2D eigenvalue weighted by molar-refractivity contribution is 7.98. The molecule has 0 spiro atoms. The zero-order valence-electron chi connectivity index (χ0n) is 17.9. The first kappa shape index (κ1) is 20.3. The van der Waals surface area contributed by atoms with E-state index < -0.39 is 0 Å². The Hall–Kier alpha value is -2.61. The number of hydrogen-bond acceptors (Lipinski definition) is 5. The highest BCUT2D eigenvalue weighted by Gasteiger charge is 2.30. The van der Waals surface area contributed by atoms with Gasteiger partial charge >= 0.3 is 0 Å². The molecule has 1 unspecified atom stereocenters. The van der Waals surface area contributed by atoms with E-state index >= 15 is 0 Å². The molecular weight excluding hydrogens is 408 g/mol. The number of aromatic nitrogens is 5. The molecule has 1 aromatic carbocycles. The maximum Gasteiger partial charge on any atom is 0.253 e. The third-order valence-electron chi connectivity index (χ3n) is 6.39. The van der Waals surface area contributed by atoms with Crippen molar-refractivity contribution < 1.29 is 4.79 Å². The van der Waals surface area contributed by atoms with Crippen molar-refractivity contribution in [2.75, 3.05) is 19.3 Å². The Morgan fingerprint density at radius 3 is 2.77 bits per heavy atom. The molecule has 2 aromatic heterocycles. The monoisotopic (exact) mass is 436 g/mol. The Morgan fingerprint density at radius 1 is 1.06 bits per heavy atom. The maximum absolute atomic E-state index is 13.2. The lowest BCUT2D eigenvalue weighted by Gasteiger charge is -2.32. The number of nitrogens with zero attached hydrogens (tertiary/aromatic N) is 6. The lowest BCUT2D eigenvalue weighted by molar-refractivity contribution is 0.0703. The van der Waals surface area contributed by atoms with Crippen LogP contribution >= 0.6 is 11.8 Å². The number of rotatable bonds is 4. The number of likely N-dealkylation sites (tertiary alicyclic amines) is 1. The van der Waals surface area contributed by atoms with Gasteiger partial charge in [0, 0.05) is 55.6 Å². The van der Waals surface area contributed by atoms with Crippen LogP contribution in [-0.4, -0.2) is 54.5 Å². The molecule has 7 nitrogen and oxygen atoms in total. The van der Waals surface area contributed by atoms with Gasteiger partial charge in [-0.3, -0.25) is 9.36 Å². The van der Waals surface area contributed by atoms with Gasteiger partial charge in [0.25, 0.3) is 5.91 Å². The highest BCUT2D eigenvalue weighted by atomic mass is 32.2. The summed E-state index contributed by atoms with van der Waals surface area (Å²) in [7, 11) is 0. The van der Waals surface area contributed by atoms with Gasteiger partial charge in [-0.05, 0) is 56.2 Å². The average Bonchev–Trinajstić information content (AvgIpc) is 3.40. The number of amides is 1. The quantitative estimate of drug-likeness (QED) is 0.580. The lowest BCUT2D eigenvalue weighted by Crippen LogP contribution is -2.39. The van der Waals surface area contributed by atoms with E-state index in [1.807, 2.05) is 46.2 Å². The molecule has 0 aliphatic carbocycles. The molecule has 1 saturated heterocycles. The van der Waals surface area contributed by atoms with E-state index in [1.165, 1.54) is 19.3 Å². The summed E-state index contributed by atoms with van der Waals surface area (Å²) in [6.45, 7) is 2.53. The molecule has 0 bridgehead atoms. The standard InChI is InChI=1S/C23H28N6OS/c1-31-23-24-12-15-28(23)19-10-8-17(9-11-19)22(30)27-13-5-6-18(16-27)21-26-25-20-7-3-2-4-14-29(20)21/h8-12,15,18H,2-7,13-14,16H2,1H3. The number of imidazole rings is 1. The summed E-state index contributed by atoms with van der Waals surface area (Å²) in [5.41, 5.74) is 1.75. The maximum atomic E-state index is 13.2. The second kappa shape index (κ2) is 8.86. The molecule has 8 heteroatoms. The fourth-order valence-electron chi connectivity index (χ4n) is 4.77. The van der Waals surface area contributed by atoms with Crippen molar-refractivity contribution in [3.8, 4) is 5.69 Å². The predicted octanol–water partition coefficient (Wildman–Crippen LogP) is 3.93. The molecule has 4 heterocycles. The molecule has 1 fully saturated rings. The molecule has 5 rings (SSSR count). The van der Waals surface area contributed by atoms with Crippen molar-refractivity contribution in [2.24, 2.45) is 0 Å². The van der Waals surface area contributed by atoms with Crippen molar-refractivity contribution in [1.29, 1.82) is 0 Å². The van der Waals surface area contributed by atoms with Crippen LogP contribution in [-0.2, 0) is 13.0 Å². The molecule has 1 atom stereocenters. The third kappa shape index (κ3) is 4.01. The molecule has 3 aromatic rings. The van der Waals surface area contributed by atoms with Gasteiger partial charge in [-0.15, -0.1) is 10.2 Å². The van der Waals surface area contributed by atoms with E-state index in [0.717, 1.165) is 67.0 Å². The average molecular weight is 437 g/mol. The summed E-state index contributed by atoms with van der Waals surface area (Å²) in [4.78, 5) is 19.6. The number of carbonyl (C=O) groups excluding carboxylic acids is 1. The van der Waals surface area contributed by atoms with Gasteiger partial charge in [0.15, 0.2) is 5.16 Å². The van der Waals surface area contributed by atoms with Gasteiger partial charge in [-0.25, -0.2) is 4.98 Å².